The van der Waals surface area contributed by atoms with Crippen molar-refractivity contribution in [3.63, 3.8) is 0 Å². The second-order valence-electron chi connectivity index (χ2n) is 19.6. The average Bonchev–Trinajstić information content (AvgIpc) is 3.47. The first-order valence-corrected chi connectivity index (χ1v) is 26.1. The second kappa shape index (κ2) is 25.2. The van der Waals surface area contributed by atoms with Crippen LogP contribution in [-0.4, -0.2) is 113 Å². The third-order valence-corrected chi connectivity index (χ3v) is 14.8. The topological polar surface area (TPSA) is 130 Å². The minimum Gasteiger partial charge on any atom is -0.493 e. The Morgan fingerprint density at radius 2 is 0.908 bits per heavy atom. The maximum absolute atomic E-state index is 13.3. The van der Waals surface area contributed by atoms with Crippen molar-refractivity contribution in [1.82, 2.24) is 9.80 Å². The lowest BCUT2D eigenvalue weighted by molar-refractivity contribution is -0.122. The average molecular weight is 1040 g/mol. The van der Waals surface area contributed by atoms with E-state index in [1.54, 1.807) is 50.6 Å². The minimum atomic E-state index is -0.563. The summed E-state index contributed by atoms with van der Waals surface area (Å²) in [5.74, 6) is 4.46. The van der Waals surface area contributed by atoms with Gasteiger partial charge in [-0.25, -0.2) is 8.78 Å². The first-order valence-electron chi connectivity index (χ1n) is 26.1. The van der Waals surface area contributed by atoms with E-state index in [9.17, 15) is 28.0 Å². The van der Waals surface area contributed by atoms with Crippen LogP contribution in [0.1, 0.15) is 91.6 Å². The molecule has 6 aromatic carbocycles. The largest absolute Gasteiger partial charge is 0.493 e. The number of ketones is 2. The fourth-order valence-corrected chi connectivity index (χ4v) is 11.1. The molecule has 14 heteroatoms. The molecule has 12 nitrogen and oxygen atoms in total. The van der Waals surface area contributed by atoms with Crippen molar-refractivity contribution in [3.05, 3.63) is 178 Å². The number of halogens is 2. The molecule has 2 fully saturated rings. The van der Waals surface area contributed by atoms with Gasteiger partial charge in [-0.15, -0.1) is 0 Å². The number of benzene rings is 6. The Bertz CT molecular complexity index is 2770. The predicted octanol–water partition coefficient (Wildman–Crippen LogP) is 10.5. The van der Waals surface area contributed by atoms with Gasteiger partial charge < -0.3 is 38.2 Å². The van der Waals surface area contributed by atoms with Gasteiger partial charge in [0.15, 0.2) is 34.6 Å². The van der Waals surface area contributed by atoms with Crippen LogP contribution in [0.15, 0.2) is 133 Å². The molecule has 0 N–H and O–H groups in total. The van der Waals surface area contributed by atoms with Crippen molar-refractivity contribution < 1.29 is 56.4 Å². The number of carbonyl (C=O) groups is 4. The first kappa shape index (κ1) is 53.1. The van der Waals surface area contributed by atoms with Gasteiger partial charge in [0, 0.05) is 73.1 Å². The van der Waals surface area contributed by atoms with E-state index in [2.05, 4.69) is 24.3 Å². The Morgan fingerprint density at radius 3 is 1.28 bits per heavy atom. The molecular weight excluding hydrogens is 971 g/mol. The fraction of sp³-hybridized carbons (Fsp3) is 0.355. The molecule has 2 atom stereocenters. The molecule has 2 amide bonds. The van der Waals surface area contributed by atoms with Crippen molar-refractivity contribution in [2.24, 2.45) is 11.8 Å². The van der Waals surface area contributed by atoms with E-state index in [0.29, 0.717) is 96.5 Å². The van der Waals surface area contributed by atoms with E-state index in [4.69, 9.17) is 28.4 Å². The normalized spacial score (nSPS) is 16.4. The summed E-state index contributed by atoms with van der Waals surface area (Å²) in [6.45, 7) is 1.62. The highest BCUT2D eigenvalue weighted by atomic mass is 19.1. The highest BCUT2D eigenvalue weighted by Crippen LogP contribution is 2.43. The fourth-order valence-electron chi connectivity index (χ4n) is 11.1. The summed E-state index contributed by atoms with van der Waals surface area (Å²) in [5.41, 5.74) is 7.35. The predicted molar refractivity (Wildman–Crippen MR) is 284 cm³/mol. The highest BCUT2D eigenvalue weighted by Gasteiger charge is 2.34. The van der Waals surface area contributed by atoms with Gasteiger partial charge in [0.05, 0.1) is 14.2 Å². The van der Waals surface area contributed by atoms with Gasteiger partial charge in [0.25, 0.3) is 11.8 Å². The number of hydrogen-bond acceptors (Lipinski definition) is 10. The van der Waals surface area contributed by atoms with Gasteiger partial charge in [-0.05, 0) is 120 Å². The third-order valence-electron chi connectivity index (χ3n) is 14.8. The summed E-state index contributed by atoms with van der Waals surface area (Å²) in [4.78, 5) is 54.1. The van der Waals surface area contributed by atoms with E-state index in [-0.39, 0.29) is 61.6 Å². The molecule has 4 heterocycles. The molecule has 0 bridgehead atoms. The minimum absolute atomic E-state index is 0.0160. The van der Waals surface area contributed by atoms with Crippen molar-refractivity contribution in [2.45, 2.75) is 50.4 Å². The Hall–Kier alpha value is -7.74. The Labute approximate surface area is 442 Å². The van der Waals surface area contributed by atoms with Crippen LogP contribution in [0.2, 0.25) is 0 Å². The van der Waals surface area contributed by atoms with Crippen LogP contribution in [0.3, 0.4) is 0 Å². The zero-order valence-corrected chi connectivity index (χ0v) is 43.1. The van der Waals surface area contributed by atoms with Gasteiger partial charge in [0.1, 0.15) is 51.3 Å². The van der Waals surface area contributed by atoms with Crippen molar-refractivity contribution in [3.8, 4) is 34.5 Å². The number of fused-ring (bicyclic) bond motifs is 2. The summed E-state index contributed by atoms with van der Waals surface area (Å²) in [5, 5.41) is 0. The van der Waals surface area contributed by atoms with E-state index in [1.807, 2.05) is 82.6 Å². The number of carbonyl (C=O) groups excluding carboxylic acids is 4. The zero-order chi connectivity index (χ0) is 53.0. The lowest BCUT2D eigenvalue weighted by atomic mass is 9.76. The number of ether oxygens (including phenoxy) is 6. The van der Waals surface area contributed by atoms with Gasteiger partial charge in [0.2, 0.25) is 0 Å². The second-order valence-corrected chi connectivity index (χ2v) is 19.6. The van der Waals surface area contributed by atoms with E-state index in [0.717, 1.165) is 47.9 Å². The SMILES string of the molecule is COc1cc([C@@H](c2ccccc2)C2CCN(C(=O)c3ccc4c(c3)CC(=O)CO4)CC2)ccc1OCCF.COc1cc([C@H](c2ccccc2)C2CCN(C(=O)c3ccc4c(c3)CC(=O)CO4)CC2)ccc1OCCF. The number of likely N-dealkylation sites (tertiary alicyclic amines) is 2. The molecule has 0 unspecified atom stereocenters. The number of Topliss-reactive ketones (excluding diaryl/α,β-unsaturated/α-hetero) is 2. The summed E-state index contributed by atoms with van der Waals surface area (Å²) in [6.07, 6.45) is 4.00. The molecule has 0 saturated carbocycles. The number of piperidine rings is 2. The van der Waals surface area contributed by atoms with Crippen LogP contribution in [0.4, 0.5) is 8.78 Å². The monoisotopic (exact) mass is 1030 g/mol. The molecule has 76 heavy (non-hydrogen) atoms. The number of methoxy groups -OCH3 is 2. The molecule has 396 valence electrons. The summed E-state index contributed by atoms with van der Waals surface area (Å²) in [6, 6.07) is 43.2. The first-order chi connectivity index (χ1) is 37.1. The number of alkyl halides is 2. The van der Waals surface area contributed by atoms with Gasteiger partial charge in [-0.2, -0.15) is 0 Å². The molecule has 4 aliphatic rings. The maximum Gasteiger partial charge on any atom is 0.253 e. The third kappa shape index (κ3) is 12.5. The highest BCUT2D eigenvalue weighted by molar-refractivity contribution is 5.96. The van der Waals surface area contributed by atoms with Gasteiger partial charge in [-0.1, -0.05) is 72.8 Å². The van der Waals surface area contributed by atoms with Crippen LogP contribution >= 0.6 is 0 Å². The summed E-state index contributed by atoms with van der Waals surface area (Å²) < 4.78 is 58.4. The molecule has 0 spiro atoms. The van der Waals surface area contributed by atoms with Crippen molar-refractivity contribution in [2.75, 3.05) is 80.2 Å². The molecule has 0 radical (unpaired) electrons. The van der Waals surface area contributed by atoms with Crippen molar-refractivity contribution in [1.29, 1.82) is 0 Å². The molecule has 10 rings (SSSR count). The van der Waals surface area contributed by atoms with Gasteiger partial charge >= 0.3 is 0 Å². The Morgan fingerprint density at radius 1 is 0.513 bits per heavy atom. The van der Waals surface area contributed by atoms with Gasteiger partial charge in [-0.3, -0.25) is 19.2 Å². The van der Waals surface area contributed by atoms with Crippen LogP contribution < -0.4 is 28.4 Å². The maximum atomic E-state index is 13.3. The molecular formula is C62H64F2N2O10. The van der Waals surface area contributed by atoms with Crippen LogP contribution in [0.25, 0.3) is 0 Å². The smallest absolute Gasteiger partial charge is 0.253 e. The Balaban J connectivity index is 0.000000186. The zero-order valence-electron chi connectivity index (χ0n) is 43.1. The molecule has 2 saturated heterocycles. The van der Waals surface area contributed by atoms with Crippen molar-refractivity contribution >= 4 is 23.4 Å². The lowest BCUT2D eigenvalue weighted by Gasteiger charge is -2.37. The van der Waals surface area contributed by atoms with E-state index >= 15 is 0 Å². The number of hydrogen-bond donors (Lipinski definition) is 0. The van der Waals surface area contributed by atoms with Crippen LogP contribution in [0.5, 0.6) is 34.5 Å². The molecule has 6 aromatic rings. The van der Waals surface area contributed by atoms with Crippen LogP contribution in [-0.2, 0) is 22.4 Å². The standard InChI is InChI=1S/2C31H32FNO5/c2*1-36-29-19-23(7-10-28(29)37-16-13-32)30(21-5-3-2-4-6-21)22-11-14-33(15-12-22)31(35)24-8-9-27-25(17-24)18-26(34)20-38-27/h2*2-10,17,19,22,30H,11-16,18,20H2,1H3/t2*30-/m10/s1. The number of nitrogens with zero attached hydrogens (tertiary/aromatic N) is 2. The summed E-state index contributed by atoms with van der Waals surface area (Å²) in [7, 11) is 3.18. The summed E-state index contributed by atoms with van der Waals surface area (Å²) >= 11 is 0. The molecule has 0 aliphatic carbocycles. The Kier molecular flexibility index (Phi) is 17.6. The lowest BCUT2D eigenvalue weighted by Crippen LogP contribution is -2.40. The van der Waals surface area contributed by atoms with Crippen LogP contribution in [0, 0.1) is 11.8 Å². The number of rotatable bonds is 16. The molecule has 4 aliphatic heterocycles. The number of amides is 2. The molecule has 0 aromatic heterocycles. The quantitative estimate of drug-likeness (QED) is 0.0924. The van der Waals surface area contributed by atoms with E-state index < -0.39 is 13.3 Å². The van der Waals surface area contributed by atoms with E-state index in [1.165, 1.54) is 11.1 Å².